The van der Waals surface area contributed by atoms with Crippen molar-refractivity contribution in [2.75, 3.05) is 19.6 Å². The first kappa shape index (κ1) is 10.3. The summed E-state index contributed by atoms with van der Waals surface area (Å²) < 4.78 is 0. The number of hydrogen-bond donors (Lipinski definition) is 1. The van der Waals surface area contributed by atoms with E-state index in [-0.39, 0.29) is 11.8 Å². The summed E-state index contributed by atoms with van der Waals surface area (Å²) in [6, 6.07) is 9.67. The molecule has 0 amide bonds. The molecule has 0 bridgehead atoms. The highest BCUT2D eigenvalue weighted by molar-refractivity contribution is 5.97. The average molecular weight is 204 g/mol. The fraction of sp³-hybridized carbons (Fsp3) is 0.417. The van der Waals surface area contributed by atoms with Crippen molar-refractivity contribution < 1.29 is 4.79 Å². The second kappa shape index (κ2) is 4.55. The molecular formula is C12H16N2O. The summed E-state index contributed by atoms with van der Waals surface area (Å²) in [5, 5.41) is 0. The third-order valence-electron chi connectivity index (χ3n) is 2.77. The predicted octanol–water partition coefficient (Wildman–Crippen LogP) is 0.902. The standard InChI is InChI=1S/C12H16N2O/c13-11-6-7-14(8-11)9-12(15)10-4-2-1-3-5-10/h1-5,11H,6-9,13H2/t11-/m1/s1. The van der Waals surface area contributed by atoms with E-state index >= 15 is 0 Å². The summed E-state index contributed by atoms with van der Waals surface area (Å²) in [6.45, 7) is 2.29. The number of likely N-dealkylation sites (tertiary alicyclic amines) is 1. The van der Waals surface area contributed by atoms with Crippen LogP contribution < -0.4 is 5.73 Å². The molecule has 3 heteroatoms. The molecule has 1 heterocycles. The lowest BCUT2D eigenvalue weighted by molar-refractivity contribution is 0.0945. The molecule has 1 aliphatic heterocycles. The normalized spacial score (nSPS) is 21.8. The molecule has 2 rings (SSSR count). The van der Waals surface area contributed by atoms with E-state index in [9.17, 15) is 4.79 Å². The first-order valence-corrected chi connectivity index (χ1v) is 5.32. The Balaban J connectivity index is 1.93. The molecule has 1 aromatic carbocycles. The molecule has 0 radical (unpaired) electrons. The van der Waals surface area contributed by atoms with Gasteiger partial charge in [0.1, 0.15) is 0 Å². The summed E-state index contributed by atoms with van der Waals surface area (Å²) in [7, 11) is 0. The molecule has 1 saturated heterocycles. The van der Waals surface area contributed by atoms with Crippen molar-refractivity contribution in [3.05, 3.63) is 35.9 Å². The molecule has 1 aromatic rings. The smallest absolute Gasteiger partial charge is 0.176 e. The number of nitrogens with two attached hydrogens (primary N) is 1. The lowest BCUT2D eigenvalue weighted by atomic mass is 10.1. The van der Waals surface area contributed by atoms with Gasteiger partial charge in [0.05, 0.1) is 6.54 Å². The molecule has 1 atom stereocenters. The van der Waals surface area contributed by atoms with Gasteiger partial charge in [0.15, 0.2) is 5.78 Å². The Morgan fingerprint density at radius 1 is 1.40 bits per heavy atom. The van der Waals surface area contributed by atoms with Crippen LogP contribution in [0.2, 0.25) is 0 Å². The summed E-state index contributed by atoms with van der Waals surface area (Å²) in [5.74, 6) is 0.185. The van der Waals surface area contributed by atoms with Crippen molar-refractivity contribution in [3.8, 4) is 0 Å². The number of carbonyl (C=O) groups excluding carboxylic acids is 1. The Morgan fingerprint density at radius 2 is 2.13 bits per heavy atom. The Kier molecular flexibility index (Phi) is 3.14. The highest BCUT2D eigenvalue weighted by atomic mass is 16.1. The molecule has 80 valence electrons. The Morgan fingerprint density at radius 3 is 2.73 bits per heavy atom. The molecule has 0 aliphatic carbocycles. The number of ketones is 1. The maximum absolute atomic E-state index is 11.8. The van der Waals surface area contributed by atoms with Crippen LogP contribution in [0.4, 0.5) is 0 Å². The number of carbonyl (C=O) groups is 1. The maximum atomic E-state index is 11.8. The van der Waals surface area contributed by atoms with Gasteiger partial charge in [-0.2, -0.15) is 0 Å². The van der Waals surface area contributed by atoms with Gasteiger partial charge in [0.25, 0.3) is 0 Å². The molecule has 0 unspecified atom stereocenters. The van der Waals surface area contributed by atoms with Crippen molar-refractivity contribution in [1.82, 2.24) is 4.90 Å². The number of hydrogen-bond acceptors (Lipinski definition) is 3. The zero-order valence-electron chi connectivity index (χ0n) is 8.73. The Bertz CT molecular complexity index is 337. The van der Waals surface area contributed by atoms with Crippen molar-refractivity contribution >= 4 is 5.78 Å². The SMILES string of the molecule is N[C@@H]1CCN(CC(=O)c2ccccc2)C1. The van der Waals surface area contributed by atoms with E-state index in [4.69, 9.17) is 5.73 Å². The number of rotatable bonds is 3. The van der Waals surface area contributed by atoms with Gasteiger partial charge < -0.3 is 5.73 Å². The molecule has 2 N–H and O–H groups in total. The van der Waals surface area contributed by atoms with Crippen LogP contribution in [0.15, 0.2) is 30.3 Å². The highest BCUT2D eigenvalue weighted by Gasteiger charge is 2.21. The van der Waals surface area contributed by atoms with Crippen molar-refractivity contribution in [1.29, 1.82) is 0 Å². The molecule has 1 aliphatic rings. The van der Waals surface area contributed by atoms with E-state index in [1.165, 1.54) is 0 Å². The topological polar surface area (TPSA) is 46.3 Å². The quantitative estimate of drug-likeness (QED) is 0.744. The predicted molar refractivity (Wildman–Crippen MR) is 59.8 cm³/mol. The fourth-order valence-electron chi connectivity index (χ4n) is 1.92. The third-order valence-corrected chi connectivity index (χ3v) is 2.77. The van der Waals surface area contributed by atoms with E-state index in [1.54, 1.807) is 0 Å². The average Bonchev–Trinajstić information content (AvgIpc) is 2.65. The minimum absolute atomic E-state index is 0.185. The third kappa shape index (κ3) is 2.64. The van der Waals surface area contributed by atoms with Gasteiger partial charge in [-0.25, -0.2) is 0 Å². The number of Topliss-reactive ketones (excluding diaryl/α,β-unsaturated/α-hetero) is 1. The zero-order valence-corrected chi connectivity index (χ0v) is 8.73. The molecule has 0 saturated carbocycles. The summed E-state index contributed by atoms with van der Waals surface area (Å²) >= 11 is 0. The van der Waals surface area contributed by atoms with Crippen LogP contribution in [0.3, 0.4) is 0 Å². The van der Waals surface area contributed by atoms with E-state index in [0.29, 0.717) is 6.54 Å². The lowest BCUT2D eigenvalue weighted by Gasteiger charge is -2.13. The van der Waals surface area contributed by atoms with Crippen LogP contribution in [0.1, 0.15) is 16.8 Å². The number of nitrogens with zero attached hydrogens (tertiary/aromatic N) is 1. The Hall–Kier alpha value is -1.19. The summed E-state index contributed by atoms with van der Waals surface area (Å²) in [6.07, 6.45) is 1.00. The minimum atomic E-state index is 0.185. The van der Waals surface area contributed by atoms with Gasteiger partial charge in [-0.05, 0) is 6.42 Å². The van der Waals surface area contributed by atoms with Crippen LogP contribution in [0.25, 0.3) is 0 Å². The molecule has 0 spiro atoms. The minimum Gasteiger partial charge on any atom is -0.326 e. The van der Waals surface area contributed by atoms with Gasteiger partial charge in [0.2, 0.25) is 0 Å². The molecular weight excluding hydrogens is 188 g/mol. The van der Waals surface area contributed by atoms with E-state index in [2.05, 4.69) is 4.90 Å². The van der Waals surface area contributed by atoms with Gasteiger partial charge >= 0.3 is 0 Å². The second-order valence-corrected chi connectivity index (χ2v) is 4.07. The van der Waals surface area contributed by atoms with Crippen LogP contribution in [-0.2, 0) is 0 Å². The van der Waals surface area contributed by atoms with E-state index in [0.717, 1.165) is 25.1 Å². The van der Waals surface area contributed by atoms with Crippen LogP contribution in [0, 0.1) is 0 Å². The maximum Gasteiger partial charge on any atom is 0.176 e. The van der Waals surface area contributed by atoms with Crippen molar-refractivity contribution in [2.45, 2.75) is 12.5 Å². The lowest BCUT2D eigenvalue weighted by Crippen LogP contribution is -2.30. The van der Waals surface area contributed by atoms with E-state index in [1.807, 2.05) is 30.3 Å². The van der Waals surface area contributed by atoms with Crippen LogP contribution >= 0.6 is 0 Å². The first-order valence-electron chi connectivity index (χ1n) is 5.32. The fourth-order valence-corrected chi connectivity index (χ4v) is 1.92. The van der Waals surface area contributed by atoms with Crippen molar-refractivity contribution in [3.63, 3.8) is 0 Å². The molecule has 15 heavy (non-hydrogen) atoms. The highest BCUT2D eigenvalue weighted by Crippen LogP contribution is 2.08. The summed E-state index contributed by atoms with van der Waals surface area (Å²) in [5.41, 5.74) is 6.58. The number of benzene rings is 1. The Labute approximate surface area is 89.9 Å². The van der Waals surface area contributed by atoms with Gasteiger partial charge in [-0.1, -0.05) is 30.3 Å². The van der Waals surface area contributed by atoms with Crippen LogP contribution in [0.5, 0.6) is 0 Å². The zero-order chi connectivity index (χ0) is 10.7. The monoisotopic (exact) mass is 204 g/mol. The summed E-state index contributed by atoms with van der Waals surface area (Å²) in [4.78, 5) is 13.9. The van der Waals surface area contributed by atoms with Gasteiger partial charge in [-0.3, -0.25) is 9.69 Å². The molecule has 0 aromatic heterocycles. The first-order chi connectivity index (χ1) is 7.25. The molecule has 1 fully saturated rings. The van der Waals surface area contributed by atoms with Gasteiger partial charge in [0, 0.05) is 24.7 Å². The second-order valence-electron chi connectivity index (χ2n) is 4.07. The van der Waals surface area contributed by atoms with E-state index < -0.39 is 0 Å². The van der Waals surface area contributed by atoms with Gasteiger partial charge in [-0.15, -0.1) is 0 Å². The van der Waals surface area contributed by atoms with Crippen LogP contribution in [-0.4, -0.2) is 36.4 Å². The van der Waals surface area contributed by atoms with Crippen molar-refractivity contribution in [2.24, 2.45) is 5.73 Å². The largest absolute Gasteiger partial charge is 0.326 e. The molecule has 3 nitrogen and oxygen atoms in total.